The molecule has 2 N–H and O–H groups in total. The number of Topliss-reactive ketones (excluding diaryl/α,β-unsaturated/α-hetero) is 1. The molecule has 0 spiro atoms. The van der Waals surface area contributed by atoms with Crippen molar-refractivity contribution in [1.82, 2.24) is 5.32 Å². The van der Waals surface area contributed by atoms with Crippen LogP contribution in [0.25, 0.3) is 11.3 Å². The van der Waals surface area contributed by atoms with Gasteiger partial charge in [-0.1, -0.05) is 24.3 Å². The molecular formula is C20H15N3O5S. The highest BCUT2D eigenvalue weighted by Gasteiger charge is 2.15. The number of hydrogen-bond donors (Lipinski definition) is 2. The zero-order chi connectivity index (χ0) is 21.0. The van der Waals surface area contributed by atoms with Gasteiger partial charge in [0.25, 0.3) is 11.6 Å². The number of nitro benzene ring substituents is 1. The van der Waals surface area contributed by atoms with Crippen molar-refractivity contribution in [3.05, 3.63) is 82.1 Å². The van der Waals surface area contributed by atoms with Gasteiger partial charge in [0, 0.05) is 28.9 Å². The molecule has 0 bridgehead atoms. The maximum atomic E-state index is 12.3. The molecule has 0 saturated heterocycles. The lowest BCUT2D eigenvalue weighted by atomic mass is 10.1. The summed E-state index contributed by atoms with van der Waals surface area (Å²) < 4.78 is 5.50. The number of ketones is 1. The molecule has 0 aliphatic rings. The monoisotopic (exact) mass is 409 g/mol. The number of rotatable bonds is 5. The summed E-state index contributed by atoms with van der Waals surface area (Å²) in [7, 11) is 0. The summed E-state index contributed by atoms with van der Waals surface area (Å²) in [6.45, 7) is 1.45. The van der Waals surface area contributed by atoms with Gasteiger partial charge >= 0.3 is 0 Å². The van der Waals surface area contributed by atoms with E-state index in [9.17, 15) is 19.7 Å². The fourth-order valence-electron chi connectivity index (χ4n) is 2.53. The van der Waals surface area contributed by atoms with Crippen LogP contribution in [0, 0.1) is 10.1 Å². The van der Waals surface area contributed by atoms with Crippen molar-refractivity contribution in [2.75, 3.05) is 5.32 Å². The van der Waals surface area contributed by atoms with Crippen LogP contribution in [0.15, 0.2) is 65.1 Å². The molecule has 0 aliphatic carbocycles. The van der Waals surface area contributed by atoms with Crippen molar-refractivity contribution in [2.45, 2.75) is 6.92 Å². The van der Waals surface area contributed by atoms with Crippen LogP contribution >= 0.6 is 12.2 Å². The fraction of sp³-hybridized carbons (Fsp3) is 0.0500. The number of furan rings is 1. The average Bonchev–Trinajstić information content (AvgIpc) is 3.18. The number of amides is 1. The smallest absolute Gasteiger partial charge is 0.293 e. The van der Waals surface area contributed by atoms with Gasteiger partial charge in [-0.15, -0.1) is 0 Å². The van der Waals surface area contributed by atoms with Gasteiger partial charge in [-0.05, 0) is 43.4 Å². The molecule has 0 fully saturated rings. The van der Waals surface area contributed by atoms with Crippen LogP contribution in [0.1, 0.15) is 27.8 Å². The Labute approximate surface area is 170 Å². The van der Waals surface area contributed by atoms with E-state index in [0.29, 0.717) is 22.6 Å². The van der Waals surface area contributed by atoms with Crippen LogP contribution in [0.3, 0.4) is 0 Å². The second kappa shape index (κ2) is 8.44. The topological polar surface area (TPSA) is 114 Å². The second-order valence-corrected chi connectivity index (χ2v) is 6.42. The maximum absolute atomic E-state index is 12.3. The first-order chi connectivity index (χ1) is 13.8. The van der Waals surface area contributed by atoms with E-state index in [1.165, 1.54) is 31.2 Å². The van der Waals surface area contributed by atoms with Crippen LogP contribution in [0.4, 0.5) is 11.4 Å². The van der Waals surface area contributed by atoms with E-state index in [0.717, 1.165) is 0 Å². The molecule has 0 atom stereocenters. The number of nitrogens with one attached hydrogen (secondary N) is 2. The molecule has 1 aromatic heterocycles. The molecule has 8 nitrogen and oxygen atoms in total. The number of nitrogens with zero attached hydrogens (tertiary/aromatic N) is 1. The van der Waals surface area contributed by atoms with Crippen molar-refractivity contribution in [1.29, 1.82) is 0 Å². The average molecular weight is 409 g/mol. The first-order valence-electron chi connectivity index (χ1n) is 8.41. The van der Waals surface area contributed by atoms with Crippen LogP contribution in [-0.2, 0) is 0 Å². The lowest BCUT2D eigenvalue weighted by Crippen LogP contribution is -2.33. The Morgan fingerprint density at radius 3 is 2.55 bits per heavy atom. The van der Waals surface area contributed by atoms with Crippen molar-refractivity contribution in [3.63, 3.8) is 0 Å². The van der Waals surface area contributed by atoms with Gasteiger partial charge in [-0.25, -0.2) is 0 Å². The Bertz CT molecular complexity index is 1120. The normalized spacial score (nSPS) is 10.2. The molecule has 0 aliphatic heterocycles. The van der Waals surface area contributed by atoms with Crippen molar-refractivity contribution < 1.29 is 18.9 Å². The third-order valence-corrected chi connectivity index (χ3v) is 4.13. The molecular weight excluding hydrogens is 394 g/mol. The number of hydrogen-bond acceptors (Lipinski definition) is 6. The summed E-state index contributed by atoms with van der Waals surface area (Å²) in [5.74, 6) is -0.366. The van der Waals surface area contributed by atoms with E-state index in [1.807, 2.05) is 0 Å². The van der Waals surface area contributed by atoms with Gasteiger partial charge in [0.05, 0.1) is 4.92 Å². The second-order valence-electron chi connectivity index (χ2n) is 6.02. The molecule has 29 heavy (non-hydrogen) atoms. The number of carbonyl (C=O) groups is 2. The number of non-ortho nitro benzene ring substituents is 1. The van der Waals surface area contributed by atoms with Gasteiger partial charge in [0.1, 0.15) is 5.76 Å². The summed E-state index contributed by atoms with van der Waals surface area (Å²) in [5.41, 5.74) is 1.46. The minimum atomic E-state index is -0.582. The zero-order valence-electron chi connectivity index (χ0n) is 15.2. The quantitative estimate of drug-likeness (QED) is 0.281. The molecule has 1 heterocycles. The third kappa shape index (κ3) is 4.90. The molecule has 9 heteroatoms. The van der Waals surface area contributed by atoms with Crippen molar-refractivity contribution >= 4 is 40.4 Å². The minimum Gasteiger partial charge on any atom is -0.451 e. The van der Waals surface area contributed by atoms with E-state index < -0.39 is 10.8 Å². The number of thiocarbonyl (C=S) groups is 1. The number of benzene rings is 2. The predicted octanol–water partition coefficient (Wildman–Crippen LogP) is 4.18. The molecule has 3 rings (SSSR count). The third-order valence-electron chi connectivity index (χ3n) is 3.93. The summed E-state index contributed by atoms with van der Waals surface area (Å²) in [6, 6.07) is 15.6. The highest BCUT2D eigenvalue weighted by Crippen LogP contribution is 2.25. The predicted molar refractivity (Wildman–Crippen MR) is 111 cm³/mol. The minimum absolute atomic E-state index is 0.00635. The van der Waals surface area contributed by atoms with Crippen LogP contribution in [0.5, 0.6) is 0 Å². The van der Waals surface area contributed by atoms with E-state index >= 15 is 0 Å². The zero-order valence-corrected chi connectivity index (χ0v) is 16.0. The highest BCUT2D eigenvalue weighted by molar-refractivity contribution is 7.80. The summed E-state index contributed by atoms with van der Waals surface area (Å²) in [4.78, 5) is 34.2. The van der Waals surface area contributed by atoms with E-state index in [2.05, 4.69) is 10.6 Å². The van der Waals surface area contributed by atoms with Gasteiger partial charge in [0.2, 0.25) is 0 Å². The van der Waals surface area contributed by atoms with Gasteiger partial charge < -0.3 is 9.73 Å². The van der Waals surface area contributed by atoms with E-state index in [1.54, 1.807) is 36.4 Å². The van der Waals surface area contributed by atoms with Gasteiger partial charge in [0.15, 0.2) is 16.7 Å². The Hall–Kier alpha value is -3.85. The maximum Gasteiger partial charge on any atom is 0.293 e. The molecule has 0 radical (unpaired) electrons. The Morgan fingerprint density at radius 2 is 1.83 bits per heavy atom. The number of nitro groups is 1. The molecule has 2 aromatic carbocycles. The van der Waals surface area contributed by atoms with Crippen LogP contribution < -0.4 is 10.6 Å². The van der Waals surface area contributed by atoms with E-state index in [4.69, 9.17) is 16.6 Å². The fourth-order valence-corrected chi connectivity index (χ4v) is 2.74. The molecule has 1 amide bonds. The van der Waals surface area contributed by atoms with Crippen LogP contribution in [-0.4, -0.2) is 21.7 Å². The Morgan fingerprint density at radius 1 is 1.07 bits per heavy atom. The lowest BCUT2D eigenvalue weighted by molar-refractivity contribution is -0.384. The van der Waals surface area contributed by atoms with Crippen molar-refractivity contribution in [3.8, 4) is 11.3 Å². The molecule has 146 valence electrons. The SMILES string of the molecule is CC(=O)c1cccc(NC(=S)NC(=O)c2ccc(-c3cccc([N+](=O)[O-])c3)o2)c1. The summed E-state index contributed by atoms with van der Waals surface area (Å²) in [5, 5.41) is 16.2. The number of carbonyl (C=O) groups excluding carboxylic acids is 2. The standard InChI is InChI=1S/C20H15N3O5S/c1-12(24)13-4-2-6-15(10-13)21-20(29)22-19(25)18-9-8-17(28-18)14-5-3-7-16(11-14)23(26)27/h2-11H,1H3,(H2,21,22,25,29). The van der Waals surface area contributed by atoms with Crippen molar-refractivity contribution in [2.24, 2.45) is 0 Å². The number of anilines is 1. The molecule has 0 saturated carbocycles. The first kappa shape index (κ1) is 19.9. The van der Waals surface area contributed by atoms with Crippen LogP contribution in [0.2, 0.25) is 0 Å². The summed E-state index contributed by atoms with van der Waals surface area (Å²) in [6.07, 6.45) is 0. The van der Waals surface area contributed by atoms with E-state index in [-0.39, 0.29) is 22.3 Å². The summed E-state index contributed by atoms with van der Waals surface area (Å²) >= 11 is 5.12. The first-order valence-corrected chi connectivity index (χ1v) is 8.82. The Balaban J connectivity index is 1.68. The lowest BCUT2D eigenvalue weighted by Gasteiger charge is -2.09. The van der Waals surface area contributed by atoms with Gasteiger partial charge in [-0.2, -0.15) is 0 Å². The molecule has 3 aromatic rings. The highest BCUT2D eigenvalue weighted by atomic mass is 32.1. The molecule has 0 unspecified atom stereocenters. The largest absolute Gasteiger partial charge is 0.451 e. The van der Waals surface area contributed by atoms with Gasteiger partial charge in [-0.3, -0.25) is 25.0 Å². The Kier molecular flexibility index (Phi) is 5.79.